The lowest BCUT2D eigenvalue weighted by Gasteiger charge is -2.04. The Morgan fingerprint density at radius 1 is 1.14 bits per heavy atom. The maximum atomic E-state index is 9.19. The highest BCUT2D eigenvalue weighted by molar-refractivity contribution is 5.55. The molecule has 6 heteroatoms. The minimum atomic E-state index is 0.452. The van der Waals surface area contributed by atoms with Crippen molar-refractivity contribution in [3.05, 3.63) is 54.1 Å². The normalized spacial score (nSPS) is 10.1. The number of ether oxygens (including phenoxy) is 1. The van der Waals surface area contributed by atoms with E-state index in [1.807, 2.05) is 30.3 Å². The number of aromatic nitrogens is 4. The van der Waals surface area contributed by atoms with E-state index in [0.29, 0.717) is 22.8 Å². The summed E-state index contributed by atoms with van der Waals surface area (Å²) in [6.45, 7) is 0. The molecule has 102 valence electrons. The van der Waals surface area contributed by atoms with Gasteiger partial charge in [0.05, 0.1) is 12.7 Å². The summed E-state index contributed by atoms with van der Waals surface area (Å²) in [6, 6.07) is 16.7. The topological polar surface area (TPSA) is 76.6 Å². The van der Waals surface area contributed by atoms with Gasteiger partial charge in [-0.05, 0) is 17.3 Å². The molecule has 0 fully saturated rings. The molecule has 0 unspecified atom stereocenters. The third-order valence-corrected chi connectivity index (χ3v) is 2.99. The summed E-state index contributed by atoms with van der Waals surface area (Å²) >= 11 is 0. The highest BCUT2D eigenvalue weighted by atomic mass is 16.5. The summed E-state index contributed by atoms with van der Waals surface area (Å²) in [5, 5.41) is 21.6. The van der Waals surface area contributed by atoms with Crippen molar-refractivity contribution >= 4 is 0 Å². The maximum Gasteiger partial charge on any atom is 0.205 e. The van der Waals surface area contributed by atoms with Gasteiger partial charge in [0.25, 0.3) is 0 Å². The first-order chi connectivity index (χ1) is 10.3. The van der Waals surface area contributed by atoms with Gasteiger partial charge in [0.2, 0.25) is 5.82 Å². The largest absolute Gasteiger partial charge is 0.497 e. The molecular weight excluding hydrogens is 266 g/mol. The first-order valence-electron chi connectivity index (χ1n) is 6.26. The van der Waals surface area contributed by atoms with Gasteiger partial charge in [-0.2, -0.15) is 5.26 Å². The van der Waals surface area contributed by atoms with E-state index in [2.05, 4.69) is 21.5 Å². The van der Waals surface area contributed by atoms with Crippen molar-refractivity contribution in [2.75, 3.05) is 7.11 Å². The van der Waals surface area contributed by atoms with Crippen molar-refractivity contribution < 1.29 is 4.74 Å². The summed E-state index contributed by atoms with van der Waals surface area (Å²) in [6.07, 6.45) is 0. The molecule has 0 aliphatic carbocycles. The third kappa shape index (κ3) is 2.44. The van der Waals surface area contributed by atoms with Crippen LogP contribution in [0.5, 0.6) is 5.75 Å². The molecule has 2 aromatic carbocycles. The molecule has 0 bridgehead atoms. The van der Waals surface area contributed by atoms with Gasteiger partial charge >= 0.3 is 0 Å². The van der Waals surface area contributed by atoms with Crippen LogP contribution in [-0.2, 0) is 0 Å². The molecule has 1 aromatic heterocycles. The van der Waals surface area contributed by atoms with Gasteiger partial charge in [-0.1, -0.05) is 30.3 Å². The van der Waals surface area contributed by atoms with Crippen LogP contribution in [0.4, 0.5) is 0 Å². The molecule has 0 saturated carbocycles. The minimum Gasteiger partial charge on any atom is -0.497 e. The lowest BCUT2D eigenvalue weighted by molar-refractivity contribution is 0.414. The van der Waals surface area contributed by atoms with Crippen molar-refractivity contribution in [2.24, 2.45) is 0 Å². The Kier molecular flexibility index (Phi) is 3.31. The number of rotatable bonds is 3. The van der Waals surface area contributed by atoms with Crippen molar-refractivity contribution in [1.29, 1.82) is 5.26 Å². The van der Waals surface area contributed by atoms with E-state index in [1.54, 1.807) is 25.3 Å². The van der Waals surface area contributed by atoms with Crippen LogP contribution in [0.3, 0.4) is 0 Å². The average Bonchev–Trinajstić information content (AvgIpc) is 3.05. The molecule has 3 rings (SSSR count). The zero-order valence-electron chi connectivity index (χ0n) is 11.3. The van der Waals surface area contributed by atoms with E-state index >= 15 is 0 Å². The molecule has 0 saturated heterocycles. The molecule has 0 N–H and O–H groups in total. The van der Waals surface area contributed by atoms with Gasteiger partial charge < -0.3 is 4.74 Å². The quantitative estimate of drug-likeness (QED) is 0.733. The fourth-order valence-corrected chi connectivity index (χ4v) is 1.92. The lowest BCUT2D eigenvalue weighted by atomic mass is 10.2. The number of tetrazole rings is 1. The molecule has 0 radical (unpaired) electrons. The van der Waals surface area contributed by atoms with Gasteiger partial charge in [0, 0.05) is 11.6 Å². The van der Waals surface area contributed by atoms with E-state index in [0.717, 1.165) is 5.56 Å². The number of hydrogen-bond acceptors (Lipinski definition) is 5. The first kappa shape index (κ1) is 12.8. The molecule has 0 aliphatic rings. The molecule has 0 aliphatic heterocycles. The molecule has 3 aromatic rings. The fourth-order valence-electron chi connectivity index (χ4n) is 1.92. The van der Waals surface area contributed by atoms with Crippen LogP contribution in [0.2, 0.25) is 0 Å². The number of nitriles is 1. The van der Waals surface area contributed by atoms with E-state index in [1.165, 1.54) is 4.80 Å². The van der Waals surface area contributed by atoms with Crippen molar-refractivity contribution in [3.63, 3.8) is 0 Å². The van der Waals surface area contributed by atoms with E-state index in [-0.39, 0.29) is 0 Å². The predicted molar refractivity (Wildman–Crippen MR) is 75.9 cm³/mol. The Morgan fingerprint density at radius 2 is 1.95 bits per heavy atom. The first-order valence-corrected chi connectivity index (χ1v) is 6.26. The molecule has 0 atom stereocenters. The smallest absolute Gasteiger partial charge is 0.205 e. The minimum absolute atomic E-state index is 0.452. The SMILES string of the molecule is COc1ccc(C#N)c(-n2nnc(-c3ccccc3)n2)c1. The second-order valence-electron chi connectivity index (χ2n) is 4.26. The molecule has 6 nitrogen and oxygen atoms in total. The van der Waals surface area contributed by atoms with E-state index in [4.69, 9.17) is 4.74 Å². The summed E-state index contributed by atoms with van der Waals surface area (Å²) in [5.74, 6) is 1.13. The number of nitrogens with zero attached hydrogens (tertiary/aromatic N) is 5. The molecule has 0 spiro atoms. The molecule has 1 heterocycles. The standard InChI is InChI=1S/C15H11N5O/c1-21-13-8-7-12(10-16)14(9-13)20-18-15(17-19-20)11-5-3-2-4-6-11/h2-9H,1H3. The second kappa shape index (κ2) is 5.43. The van der Waals surface area contributed by atoms with Gasteiger partial charge in [0.1, 0.15) is 17.5 Å². The zero-order valence-corrected chi connectivity index (χ0v) is 11.3. The molecule has 0 amide bonds. The molecular formula is C15H11N5O. The van der Waals surface area contributed by atoms with Gasteiger partial charge in [-0.3, -0.25) is 0 Å². The Morgan fingerprint density at radius 3 is 2.67 bits per heavy atom. The third-order valence-electron chi connectivity index (χ3n) is 2.99. The maximum absolute atomic E-state index is 9.19. The monoisotopic (exact) mass is 277 g/mol. The molecule has 21 heavy (non-hydrogen) atoms. The highest BCUT2D eigenvalue weighted by Crippen LogP contribution is 2.21. The van der Waals surface area contributed by atoms with Crippen LogP contribution < -0.4 is 4.74 Å². The average molecular weight is 277 g/mol. The Bertz CT molecular complexity index is 804. The summed E-state index contributed by atoms with van der Waals surface area (Å²) < 4.78 is 5.17. The van der Waals surface area contributed by atoms with E-state index < -0.39 is 0 Å². The van der Waals surface area contributed by atoms with Crippen molar-refractivity contribution in [1.82, 2.24) is 20.2 Å². The predicted octanol–water partition coefficient (Wildman–Crippen LogP) is 2.21. The zero-order chi connectivity index (χ0) is 14.7. The van der Waals surface area contributed by atoms with Gasteiger partial charge in [-0.25, -0.2) is 0 Å². The Labute approximate surface area is 121 Å². The van der Waals surface area contributed by atoms with Gasteiger partial charge in [0.15, 0.2) is 0 Å². The summed E-state index contributed by atoms with van der Waals surface area (Å²) in [7, 11) is 1.56. The van der Waals surface area contributed by atoms with Crippen LogP contribution in [0.25, 0.3) is 17.1 Å². The van der Waals surface area contributed by atoms with Crippen LogP contribution in [0.1, 0.15) is 5.56 Å². The number of hydrogen-bond donors (Lipinski definition) is 0. The Balaban J connectivity index is 2.06. The van der Waals surface area contributed by atoms with Crippen LogP contribution in [0.15, 0.2) is 48.5 Å². The van der Waals surface area contributed by atoms with Gasteiger partial charge in [-0.15, -0.1) is 15.0 Å². The van der Waals surface area contributed by atoms with Crippen LogP contribution >= 0.6 is 0 Å². The highest BCUT2D eigenvalue weighted by Gasteiger charge is 2.11. The van der Waals surface area contributed by atoms with Crippen LogP contribution in [-0.4, -0.2) is 27.3 Å². The Hall–Kier alpha value is -3.20. The van der Waals surface area contributed by atoms with Crippen LogP contribution in [0, 0.1) is 11.3 Å². The second-order valence-corrected chi connectivity index (χ2v) is 4.26. The lowest BCUT2D eigenvalue weighted by Crippen LogP contribution is -2.02. The summed E-state index contributed by atoms with van der Waals surface area (Å²) in [4.78, 5) is 1.34. The fraction of sp³-hybridized carbons (Fsp3) is 0.0667. The van der Waals surface area contributed by atoms with E-state index in [9.17, 15) is 5.26 Å². The number of methoxy groups -OCH3 is 1. The van der Waals surface area contributed by atoms with Crippen molar-refractivity contribution in [3.8, 4) is 28.9 Å². The van der Waals surface area contributed by atoms with Crippen molar-refractivity contribution in [2.45, 2.75) is 0 Å². The summed E-state index contributed by atoms with van der Waals surface area (Å²) in [5.41, 5.74) is 1.85. The number of benzene rings is 2.